The first-order valence-corrected chi connectivity index (χ1v) is 7.96. The van der Waals surface area contributed by atoms with Crippen molar-refractivity contribution in [3.63, 3.8) is 0 Å². The highest BCUT2D eigenvalue weighted by Crippen LogP contribution is 2.15. The van der Waals surface area contributed by atoms with E-state index < -0.39 is 4.30 Å². The van der Waals surface area contributed by atoms with Crippen molar-refractivity contribution in [2.24, 2.45) is 0 Å². The summed E-state index contributed by atoms with van der Waals surface area (Å²) in [6.45, 7) is 0. The van der Waals surface area contributed by atoms with Gasteiger partial charge in [0.25, 0.3) is 0 Å². The van der Waals surface area contributed by atoms with E-state index in [2.05, 4.69) is 0 Å². The van der Waals surface area contributed by atoms with Crippen LogP contribution in [0.4, 0.5) is 0 Å². The van der Waals surface area contributed by atoms with Crippen LogP contribution >= 0.6 is 34.8 Å². The Morgan fingerprint density at radius 3 is 0.500 bits per heavy atom. The van der Waals surface area contributed by atoms with Gasteiger partial charge in [0.1, 0.15) is 0 Å². The summed E-state index contributed by atoms with van der Waals surface area (Å²) < 4.78 is -0.750. The van der Waals surface area contributed by atoms with Gasteiger partial charge in [-0.25, -0.2) is 0 Å². The highest BCUT2D eigenvalue weighted by Gasteiger charge is 1.96. The Balaban J connectivity index is 0.000000217. The van der Waals surface area contributed by atoms with Crippen molar-refractivity contribution < 1.29 is 0 Å². The molecule has 0 unspecified atom stereocenters. The maximum absolute atomic E-state index is 4.81. The van der Waals surface area contributed by atoms with Crippen molar-refractivity contribution in [2.75, 3.05) is 0 Å². The van der Waals surface area contributed by atoms with Gasteiger partial charge in [0.05, 0.1) is 0 Å². The Kier molecular flexibility index (Phi) is 14.7. The number of halogens is 3. The molecule has 2 saturated carbocycles. The third kappa shape index (κ3) is 17.3. The van der Waals surface area contributed by atoms with Crippen LogP contribution in [0.25, 0.3) is 0 Å². The lowest BCUT2D eigenvalue weighted by Gasteiger charge is -2.05. The van der Waals surface area contributed by atoms with Crippen molar-refractivity contribution in [1.29, 1.82) is 0 Å². The molecule has 0 aromatic heterocycles. The molecule has 0 heterocycles. The minimum absolute atomic E-state index is 0.750. The molecule has 0 bridgehead atoms. The van der Waals surface area contributed by atoms with Gasteiger partial charge >= 0.3 is 0 Å². The van der Waals surface area contributed by atoms with E-state index in [1.807, 2.05) is 0 Å². The van der Waals surface area contributed by atoms with E-state index >= 15 is 0 Å². The second-order valence-electron chi connectivity index (χ2n) is 4.49. The van der Waals surface area contributed by atoms with Gasteiger partial charge in [-0.2, -0.15) is 0 Å². The van der Waals surface area contributed by atoms with Crippen LogP contribution in [0.15, 0.2) is 0 Å². The third-order valence-corrected chi connectivity index (χ3v) is 3.00. The normalized spacial score (nSPS) is 20.2. The second kappa shape index (κ2) is 13.9. The molecule has 2 fully saturated rings. The first-order valence-electron chi connectivity index (χ1n) is 6.65. The predicted octanol–water partition coefficient (Wildman–Crippen LogP) is 6.67. The molecule has 0 radical (unpaired) electrons. The summed E-state index contributed by atoms with van der Waals surface area (Å²) in [5.74, 6) is 0. The molecular formula is C13H25Cl3. The standard InChI is InChI=1S/2C6H12.CHCl3/c2*1-2-4-6-5-3-1;2-1(3)4/h2*1-6H2;1H. The van der Waals surface area contributed by atoms with Gasteiger partial charge in [0, 0.05) is 0 Å². The maximum Gasteiger partial charge on any atom is 0.180 e. The molecule has 2 aliphatic rings. The van der Waals surface area contributed by atoms with Gasteiger partial charge < -0.3 is 0 Å². The lowest BCUT2D eigenvalue weighted by Crippen LogP contribution is -1.85. The van der Waals surface area contributed by atoms with E-state index in [1.165, 1.54) is 77.0 Å². The molecule has 0 N–H and O–H groups in total. The molecule has 98 valence electrons. The van der Waals surface area contributed by atoms with Gasteiger partial charge in [-0.1, -0.05) is 112 Å². The molecule has 0 spiro atoms. The number of hydrogen-bond acceptors (Lipinski definition) is 0. The summed E-state index contributed by atoms with van der Waals surface area (Å²) in [4.78, 5) is 0. The van der Waals surface area contributed by atoms with Crippen LogP contribution in [0.5, 0.6) is 0 Å². The SMILES string of the molecule is C1CCCCC1.C1CCCCC1.ClC(Cl)Cl. The van der Waals surface area contributed by atoms with Gasteiger partial charge in [0.15, 0.2) is 4.30 Å². The zero-order chi connectivity index (χ0) is 12.1. The van der Waals surface area contributed by atoms with Crippen LogP contribution in [0.3, 0.4) is 0 Å². The highest BCUT2D eigenvalue weighted by molar-refractivity contribution is 6.63. The summed E-state index contributed by atoms with van der Waals surface area (Å²) in [6, 6.07) is 0. The zero-order valence-corrected chi connectivity index (χ0v) is 12.5. The molecule has 2 aliphatic carbocycles. The first kappa shape index (κ1) is 16.9. The first-order chi connectivity index (χ1) is 7.73. The minimum Gasteiger partial charge on any atom is -0.0874 e. The second-order valence-corrected chi connectivity index (χ2v) is 6.47. The van der Waals surface area contributed by atoms with Gasteiger partial charge in [0.2, 0.25) is 0 Å². The lowest BCUT2D eigenvalue weighted by atomic mass is 10.0. The fourth-order valence-corrected chi connectivity index (χ4v) is 2.12. The topological polar surface area (TPSA) is 0 Å². The van der Waals surface area contributed by atoms with Crippen LogP contribution < -0.4 is 0 Å². The quantitative estimate of drug-likeness (QED) is 0.437. The summed E-state index contributed by atoms with van der Waals surface area (Å²) in [5, 5.41) is 0. The largest absolute Gasteiger partial charge is 0.180 e. The molecule has 0 amide bonds. The monoisotopic (exact) mass is 286 g/mol. The third-order valence-electron chi connectivity index (χ3n) is 3.00. The van der Waals surface area contributed by atoms with E-state index in [4.69, 9.17) is 34.8 Å². The smallest absolute Gasteiger partial charge is 0.0874 e. The van der Waals surface area contributed by atoms with Crippen LogP contribution in [0.2, 0.25) is 0 Å². The van der Waals surface area contributed by atoms with Crippen molar-refractivity contribution >= 4 is 34.8 Å². The van der Waals surface area contributed by atoms with E-state index in [1.54, 1.807) is 0 Å². The van der Waals surface area contributed by atoms with Gasteiger partial charge in [-0.05, 0) is 0 Å². The van der Waals surface area contributed by atoms with Crippen molar-refractivity contribution in [2.45, 2.75) is 81.3 Å². The van der Waals surface area contributed by atoms with E-state index in [0.717, 1.165) is 0 Å². The molecule has 0 aromatic carbocycles. The Morgan fingerprint density at radius 2 is 0.438 bits per heavy atom. The van der Waals surface area contributed by atoms with Gasteiger partial charge in [-0.15, -0.1) is 0 Å². The van der Waals surface area contributed by atoms with E-state index in [-0.39, 0.29) is 0 Å². The van der Waals surface area contributed by atoms with Crippen molar-refractivity contribution in [3.8, 4) is 0 Å². The average molecular weight is 288 g/mol. The molecule has 16 heavy (non-hydrogen) atoms. The average Bonchev–Trinajstić information content (AvgIpc) is 2.34. The molecule has 2 rings (SSSR count). The summed E-state index contributed by atoms with van der Waals surface area (Å²) in [7, 11) is 0. The van der Waals surface area contributed by atoms with E-state index in [9.17, 15) is 0 Å². The van der Waals surface area contributed by atoms with E-state index in [0.29, 0.717) is 0 Å². The Labute approximate surface area is 116 Å². The van der Waals surface area contributed by atoms with Crippen LogP contribution in [0.1, 0.15) is 77.0 Å². The summed E-state index contributed by atoms with van der Waals surface area (Å²) in [5.41, 5.74) is 0. The fraction of sp³-hybridized carbons (Fsp3) is 1.00. The molecule has 0 atom stereocenters. The summed E-state index contributed by atoms with van der Waals surface area (Å²) in [6.07, 6.45) is 18.0. The maximum atomic E-state index is 4.81. The number of hydrogen-bond donors (Lipinski definition) is 0. The molecule has 0 aromatic rings. The van der Waals surface area contributed by atoms with Crippen LogP contribution in [-0.2, 0) is 0 Å². The number of alkyl halides is 3. The number of rotatable bonds is 0. The molecule has 0 nitrogen and oxygen atoms in total. The molecule has 3 heteroatoms. The molecular weight excluding hydrogens is 263 g/mol. The zero-order valence-electron chi connectivity index (χ0n) is 10.2. The lowest BCUT2D eigenvalue weighted by molar-refractivity contribution is 0.504. The van der Waals surface area contributed by atoms with Gasteiger partial charge in [-0.3, -0.25) is 0 Å². The Bertz CT molecular complexity index is 80.6. The van der Waals surface area contributed by atoms with Crippen LogP contribution in [0, 0.1) is 0 Å². The molecule has 0 aliphatic heterocycles. The Morgan fingerprint density at radius 1 is 0.375 bits per heavy atom. The fourth-order valence-electron chi connectivity index (χ4n) is 2.12. The summed E-state index contributed by atoms with van der Waals surface area (Å²) >= 11 is 14.4. The van der Waals surface area contributed by atoms with Crippen molar-refractivity contribution in [3.05, 3.63) is 0 Å². The molecule has 0 saturated heterocycles. The Hall–Kier alpha value is 0.870. The van der Waals surface area contributed by atoms with Crippen molar-refractivity contribution in [1.82, 2.24) is 0 Å². The highest BCUT2D eigenvalue weighted by atomic mass is 35.6. The van der Waals surface area contributed by atoms with Crippen LogP contribution in [-0.4, -0.2) is 4.30 Å². The predicted molar refractivity (Wildman–Crippen MR) is 76.8 cm³/mol. The minimum atomic E-state index is -0.750.